The summed E-state index contributed by atoms with van der Waals surface area (Å²) in [4.78, 5) is 20.9. The van der Waals surface area contributed by atoms with Gasteiger partial charge in [-0.25, -0.2) is 8.91 Å². The Morgan fingerprint density at radius 3 is 2.88 bits per heavy atom. The minimum absolute atomic E-state index is 0.114. The van der Waals surface area contributed by atoms with E-state index in [-0.39, 0.29) is 30.4 Å². The summed E-state index contributed by atoms with van der Waals surface area (Å²) < 4.78 is 16.2. The molecule has 10 heteroatoms. The molecule has 0 aliphatic carbocycles. The fourth-order valence-corrected chi connectivity index (χ4v) is 3.47. The number of nitrogens with one attached hydrogen (secondary N) is 1. The van der Waals surface area contributed by atoms with Crippen molar-refractivity contribution in [3.63, 3.8) is 0 Å². The summed E-state index contributed by atoms with van der Waals surface area (Å²) >= 11 is 5.80. The Bertz CT molecular complexity index is 1290. The Balaban J connectivity index is 1.50. The number of anilines is 1. The van der Waals surface area contributed by atoms with Crippen LogP contribution in [0.4, 0.5) is 10.3 Å². The van der Waals surface area contributed by atoms with Gasteiger partial charge in [-0.1, -0.05) is 11.6 Å². The van der Waals surface area contributed by atoms with Gasteiger partial charge in [0.25, 0.3) is 5.91 Å². The number of carbonyl (C=O) groups is 1. The van der Waals surface area contributed by atoms with Gasteiger partial charge in [-0.3, -0.25) is 9.78 Å². The van der Waals surface area contributed by atoms with E-state index in [1.54, 1.807) is 37.4 Å². The van der Waals surface area contributed by atoms with E-state index < -0.39 is 11.9 Å². The Morgan fingerprint density at radius 2 is 2.12 bits per heavy atom. The quantitative estimate of drug-likeness (QED) is 0.411. The van der Waals surface area contributed by atoms with Gasteiger partial charge in [-0.2, -0.15) is 4.98 Å². The first kappa shape index (κ1) is 21.7. The number of aliphatic hydroxyl groups is 1. The largest absolute Gasteiger partial charge is 0.387 e. The molecule has 0 saturated carbocycles. The van der Waals surface area contributed by atoms with Crippen LogP contribution in [-0.2, 0) is 0 Å². The standard InChI is InChI=1S/C22H20ClFN6O2/c1-12-8-17(24)16(13-5-7-30-20(9-13)28-22(25)29-30)10-15(12)21(32)26-6-4-19(31)18-3-2-14(23)11-27-18/h2-3,5,7-11,19,31H,4,6H2,1H3,(H2,25,29)(H,26,32)/t19-/m1/s1. The third-order valence-corrected chi connectivity index (χ3v) is 5.24. The van der Waals surface area contributed by atoms with Crippen molar-refractivity contribution in [2.75, 3.05) is 12.3 Å². The highest BCUT2D eigenvalue weighted by Gasteiger charge is 2.16. The molecular formula is C22H20ClFN6O2. The number of benzene rings is 1. The summed E-state index contributed by atoms with van der Waals surface area (Å²) in [6, 6.07) is 9.41. The smallest absolute Gasteiger partial charge is 0.251 e. The lowest BCUT2D eigenvalue weighted by Crippen LogP contribution is -2.26. The first-order valence-electron chi connectivity index (χ1n) is 9.82. The van der Waals surface area contributed by atoms with Crippen LogP contribution in [0.3, 0.4) is 0 Å². The van der Waals surface area contributed by atoms with Crippen LogP contribution in [0.5, 0.6) is 0 Å². The minimum atomic E-state index is -0.847. The van der Waals surface area contributed by atoms with Crippen molar-refractivity contribution < 1.29 is 14.3 Å². The van der Waals surface area contributed by atoms with E-state index in [2.05, 4.69) is 20.4 Å². The fourth-order valence-electron chi connectivity index (χ4n) is 3.35. The molecule has 0 spiro atoms. The summed E-state index contributed by atoms with van der Waals surface area (Å²) in [5.41, 5.74) is 8.17. The number of aliphatic hydroxyl groups excluding tert-OH is 1. The van der Waals surface area contributed by atoms with E-state index in [0.717, 1.165) is 0 Å². The number of amides is 1. The summed E-state index contributed by atoms with van der Waals surface area (Å²) in [5, 5.41) is 17.5. The summed E-state index contributed by atoms with van der Waals surface area (Å²) in [6.45, 7) is 1.87. The van der Waals surface area contributed by atoms with Crippen LogP contribution in [0, 0.1) is 12.7 Å². The second-order valence-corrected chi connectivity index (χ2v) is 7.73. The zero-order valence-corrected chi connectivity index (χ0v) is 17.8. The number of nitrogen functional groups attached to an aromatic ring is 1. The van der Waals surface area contributed by atoms with Crippen molar-refractivity contribution in [3.05, 3.63) is 76.5 Å². The maximum Gasteiger partial charge on any atom is 0.251 e. The van der Waals surface area contributed by atoms with E-state index in [1.165, 1.54) is 22.8 Å². The number of aromatic nitrogens is 4. The maximum absolute atomic E-state index is 14.7. The van der Waals surface area contributed by atoms with Gasteiger partial charge in [-0.05, 0) is 60.9 Å². The van der Waals surface area contributed by atoms with Crippen LogP contribution in [0.25, 0.3) is 16.8 Å². The zero-order valence-electron chi connectivity index (χ0n) is 17.1. The molecule has 0 aliphatic heterocycles. The molecule has 0 unspecified atom stereocenters. The Kier molecular flexibility index (Phi) is 6.02. The van der Waals surface area contributed by atoms with Crippen molar-refractivity contribution in [2.45, 2.75) is 19.4 Å². The zero-order chi connectivity index (χ0) is 22.8. The van der Waals surface area contributed by atoms with Crippen molar-refractivity contribution >= 4 is 29.1 Å². The molecule has 32 heavy (non-hydrogen) atoms. The number of nitrogens with zero attached hydrogens (tertiary/aromatic N) is 4. The van der Waals surface area contributed by atoms with E-state index >= 15 is 0 Å². The van der Waals surface area contributed by atoms with Crippen LogP contribution < -0.4 is 11.1 Å². The average molecular weight is 455 g/mol. The number of nitrogens with two attached hydrogens (primary N) is 1. The summed E-state index contributed by atoms with van der Waals surface area (Å²) in [6.07, 6.45) is 2.49. The predicted molar refractivity (Wildman–Crippen MR) is 119 cm³/mol. The molecule has 4 rings (SSSR count). The predicted octanol–water partition coefficient (Wildman–Crippen LogP) is 3.33. The summed E-state index contributed by atoms with van der Waals surface area (Å²) in [5.74, 6) is -0.712. The number of halogens is 2. The van der Waals surface area contributed by atoms with Crippen LogP contribution in [-0.4, -0.2) is 37.1 Å². The highest BCUT2D eigenvalue weighted by atomic mass is 35.5. The molecule has 3 heterocycles. The number of hydrogen-bond acceptors (Lipinski definition) is 6. The lowest BCUT2D eigenvalue weighted by Gasteiger charge is -2.13. The monoisotopic (exact) mass is 454 g/mol. The average Bonchev–Trinajstić information content (AvgIpc) is 3.13. The van der Waals surface area contributed by atoms with Crippen LogP contribution in [0.2, 0.25) is 5.02 Å². The number of fused-ring (bicyclic) bond motifs is 1. The molecule has 1 amide bonds. The highest BCUT2D eigenvalue weighted by Crippen LogP contribution is 2.27. The third-order valence-electron chi connectivity index (χ3n) is 5.02. The van der Waals surface area contributed by atoms with Gasteiger partial charge >= 0.3 is 0 Å². The third kappa shape index (κ3) is 4.53. The molecule has 0 fully saturated rings. The van der Waals surface area contributed by atoms with Crippen molar-refractivity contribution in [3.8, 4) is 11.1 Å². The molecule has 8 nitrogen and oxygen atoms in total. The number of hydrogen-bond donors (Lipinski definition) is 3. The molecule has 4 N–H and O–H groups in total. The van der Waals surface area contributed by atoms with Gasteiger partial charge < -0.3 is 16.2 Å². The molecule has 0 bridgehead atoms. The molecule has 0 saturated heterocycles. The number of rotatable bonds is 6. The van der Waals surface area contributed by atoms with Gasteiger partial charge in [0.05, 0.1) is 16.8 Å². The highest BCUT2D eigenvalue weighted by molar-refractivity contribution is 6.30. The van der Waals surface area contributed by atoms with Crippen LogP contribution >= 0.6 is 11.6 Å². The van der Waals surface area contributed by atoms with E-state index in [4.69, 9.17) is 17.3 Å². The number of pyridine rings is 2. The molecule has 4 aromatic rings. The Labute approximate surface area is 187 Å². The Hall–Kier alpha value is -3.56. The molecule has 0 radical (unpaired) electrons. The first-order chi connectivity index (χ1) is 15.3. The van der Waals surface area contributed by atoms with Crippen molar-refractivity contribution in [1.82, 2.24) is 24.9 Å². The molecule has 1 atom stereocenters. The summed E-state index contributed by atoms with van der Waals surface area (Å²) in [7, 11) is 0. The van der Waals surface area contributed by atoms with E-state index in [0.29, 0.717) is 33.1 Å². The van der Waals surface area contributed by atoms with Gasteiger partial charge in [0, 0.05) is 30.1 Å². The van der Waals surface area contributed by atoms with Crippen LogP contribution in [0.15, 0.2) is 48.8 Å². The Morgan fingerprint density at radius 1 is 1.31 bits per heavy atom. The van der Waals surface area contributed by atoms with Crippen LogP contribution in [0.1, 0.15) is 34.1 Å². The molecule has 1 aromatic carbocycles. The van der Waals surface area contributed by atoms with Gasteiger partial charge in [0.1, 0.15) is 5.82 Å². The van der Waals surface area contributed by atoms with Crippen molar-refractivity contribution in [2.24, 2.45) is 0 Å². The second-order valence-electron chi connectivity index (χ2n) is 7.30. The normalized spacial score (nSPS) is 12.1. The lowest BCUT2D eigenvalue weighted by molar-refractivity contribution is 0.0941. The second kappa shape index (κ2) is 8.89. The van der Waals surface area contributed by atoms with Gasteiger partial charge in [0.15, 0.2) is 5.65 Å². The van der Waals surface area contributed by atoms with Crippen molar-refractivity contribution in [1.29, 1.82) is 0 Å². The van der Waals surface area contributed by atoms with E-state index in [9.17, 15) is 14.3 Å². The topological polar surface area (TPSA) is 118 Å². The van der Waals surface area contributed by atoms with Gasteiger partial charge in [0.2, 0.25) is 5.95 Å². The molecule has 0 aliphatic rings. The fraction of sp³-hybridized carbons (Fsp3) is 0.182. The SMILES string of the molecule is Cc1cc(F)c(-c2ccn3nc(N)nc3c2)cc1C(=O)NCC[C@@H](O)c1ccc(Cl)cn1. The molecule has 164 valence electrons. The number of carbonyl (C=O) groups excluding carboxylic acids is 1. The minimum Gasteiger partial charge on any atom is -0.387 e. The van der Waals surface area contributed by atoms with E-state index in [1.807, 2.05) is 0 Å². The molecule has 3 aromatic heterocycles. The van der Waals surface area contributed by atoms with Gasteiger partial charge in [-0.15, -0.1) is 5.10 Å². The number of aryl methyl sites for hydroxylation is 1. The first-order valence-corrected chi connectivity index (χ1v) is 10.2. The molecular weight excluding hydrogens is 435 g/mol. The lowest BCUT2D eigenvalue weighted by atomic mass is 9.99. The maximum atomic E-state index is 14.7.